The quantitative estimate of drug-likeness (QED) is 0.472. The van der Waals surface area contributed by atoms with Gasteiger partial charge in [-0.15, -0.1) is 0 Å². The minimum atomic E-state index is 0.132. The van der Waals surface area contributed by atoms with Crippen molar-refractivity contribution < 1.29 is 18.9 Å². The van der Waals surface area contributed by atoms with Crippen LogP contribution in [0.25, 0.3) is 33.8 Å². The zero-order valence-corrected chi connectivity index (χ0v) is 17.7. The second-order valence-electron chi connectivity index (χ2n) is 7.43. The molecule has 8 nitrogen and oxygen atoms in total. The molecular formula is C23H22N4O4. The van der Waals surface area contributed by atoms with E-state index in [0.717, 1.165) is 39.6 Å². The lowest BCUT2D eigenvalue weighted by molar-refractivity contribution is 0.174. The van der Waals surface area contributed by atoms with Gasteiger partial charge in [0.05, 0.1) is 14.2 Å². The summed E-state index contributed by atoms with van der Waals surface area (Å²) in [7, 11) is 3.24. The van der Waals surface area contributed by atoms with Crippen molar-refractivity contribution in [3.8, 4) is 45.6 Å². The molecule has 0 spiro atoms. The summed E-state index contributed by atoms with van der Waals surface area (Å²) in [6.07, 6.45) is 1.57. The first-order valence-corrected chi connectivity index (χ1v) is 9.96. The van der Waals surface area contributed by atoms with E-state index in [1.165, 1.54) is 0 Å². The third kappa shape index (κ3) is 3.11. The molecule has 0 aliphatic carbocycles. The molecule has 0 unspecified atom stereocenters. The van der Waals surface area contributed by atoms with Gasteiger partial charge in [-0.2, -0.15) is 0 Å². The van der Waals surface area contributed by atoms with Crippen LogP contribution in [0.1, 0.15) is 19.9 Å². The number of imidazole rings is 1. The molecular weight excluding hydrogens is 396 g/mol. The molecule has 0 radical (unpaired) electrons. The Labute approximate surface area is 179 Å². The van der Waals surface area contributed by atoms with Crippen LogP contribution in [0, 0.1) is 0 Å². The Morgan fingerprint density at radius 1 is 0.903 bits per heavy atom. The number of hydrogen-bond acceptors (Lipinski definition) is 7. The average Bonchev–Trinajstić information content (AvgIpc) is 3.42. The Balaban J connectivity index is 1.72. The highest BCUT2D eigenvalue weighted by Gasteiger charge is 2.22. The van der Waals surface area contributed by atoms with E-state index < -0.39 is 0 Å². The Hall–Kier alpha value is -3.81. The number of rotatable bonds is 5. The standard InChI is InChI=1S/C23H22N4O4/c1-13(2)27-22(15-6-7-16(28-3)18(10-15)29-4)26-21-20(24-11-25-23(21)27)14-5-8-17-19(9-14)31-12-30-17/h5-11,13H,12H2,1-4H3. The van der Waals surface area contributed by atoms with Gasteiger partial charge in [0, 0.05) is 17.2 Å². The molecule has 158 valence electrons. The smallest absolute Gasteiger partial charge is 0.231 e. The maximum atomic E-state index is 5.54. The van der Waals surface area contributed by atoms with Gasteiger partial charge in [0.2, 0.25) is 6.79 Å². The summed E-state index contributed by atoms with van der Waals surface area (Å²) in [6.45, 7) is 4.44. The monoisotopic (exact) mass is 418 g/mol. The maximum absolute atomic E-state index is 5.54. The number of hydrogen-bond donors (Lipinski definition) is 0. The molecule has 2 aromatic carbocycles. The Morgan fingerprint density at radius 3 is 2.45 bits per heavy atom. The molecule has 31 heavy (non-hydrogen) atoms. The molecule has 1 aliphatic rings. The van der Waals surface area contributed by atoms with Gasteiger partial charge >= 0.3 is 0 Å². The van der Waals surface area contributed by atoms with Crippen molar-refractivity contribution >= 4 is 11.2 Å². The highest BCUT2D eigenvalue weighted by Crippen LogP contribution is 2.39. The lowest BCUT2D eigenvalue weighted by atomic mass is 10.1. The van der Waals surface area contributed by atoms with E-state index in [1.807, 2.05) is 36.4 Å². The summed E-state index contributed by atoms with van der Waals surface area (Å²) in [6, 6.07) is 11.7. The lowest BCUT2D eigenvalue weighted by Crippen LogP contribution is -2.04. The SMILES string of the molecule is COc1ccc(-c2nc3c(-c4ccc5c(c4)OCO5)ncnc3n2C(C)C)cc1OC. The summed E-state index contributed by atoms with van der Waals surface area (Å²) >= 11 is 0. The van der Waals surface area contributed by atoms with E-state index in [2.05, 4.69) is 28.4 Å². The lowest BCUT2D eigenvalue weighted by Gasteiger charge is -2.14. The second kappa shape index (κ2) is 7.46. The molecule has 0 saturated carbocycles. The summed E-state index contributed by atoms with van der Waals surface area (Å²) in [5.41, 5.74) is 4.02. The topological polar surface area (TPSA) is 80.5 Å². The first-order chi connectivity index (χ1) is 15.1. The van der Waals surface area contributed by atoms with Crippen molar-refractivity contribution in [2.45, 2.75) is 19.9 Å². The minimum absolute atomic E-state index is 0.132. The molecule has 4 aromatic rings. The minimum Gasteiger partial charge on any atom is -0.493 e. The Bertz CT molecular complexity index is 1280. The number of fused-ring (bicyclic) bond motifs is 2. The molecule has 0 N–H and O–H groups in total. The van der Waals surface area contributed by atoms with Gasteiger partial charge in [0.15, 0.2) is 28.6 Å². The van der Waals surface area contributed by atoms with Gasteiger partial charge in [-0.1, -0.05) is 0 Å². The van der Waals surface area contributed by atoms with Crippen LogP contribution < -0.4 is 18.9 Å². The number of methoxy groups -OCH3 is 2. The molecule has 3 heterocycles. The van der Waals surface area contributed by atoms with Gasteiger partial charge in [-0.3, -0.25) is 0 Å². The van der Waals surface area contributed by atoms with Crippen LogP contribution in [0.15, 0.2) is 42.7 Å². The number of nitrogens with zero attached hydrogens (tertiary/aromatic N) is 4. The molecule has 0 saturated heterocycles. The van der Waals surface area contributed by atoms with Gasteiger partial charge in [-0.05, 0) is 50.2 Å². The molecule has 5 rings (SSSR count). The molecule has 0 atom stereocenters. The predicted octanol–water partition coefficient (Wildman–Crippen LogP) is 4.49. The molecule has 2 aromatic heterocycles. The third-order valence-corrected chi connectivity index (χ3v) is 5.28. The third-order valence-electron chi connectivity index (χ3n) is 5.28. The van der Waals surface area contributed by atoms with Gasteiger partial charge in [0.1, 0.15) is 23.4 Å². The summed E-state index contributed by atoms with van der Waals surface area (Å²) < 4.78 is 24.0. The number of aromatic nitrogens is 4. The molecule has 0 fully saturated rings. The van der Waals surface area contributed by atoms with Crippen molar-refractivity contribution in [3.05, 3.63) is 42.7 Å². The fourth-order valence-electron chi connectivity index (χ4n) is 3.83. The van der Waals surface area contributed by atoms with Gasteiger partial charge in [-0.25, -0.2) is 15.0 Å². The van der Waals surface area contributed by atoms with E-state index in [9.17, 15) is 0 Å². The van der Waals surface area contributed by atoms with Crippen molar-refractivity contribution in [2.24, 2.45) is 0 Å². The van der Waals surface area contributed by atoms with Crippen molar-refractivity contribution in [1.29, 1.82) is 0 Å². The van der Waals surface area contributed by atoms with Crippen molar-refractivity contribution in [2.75, 3.05) is 21.0 Å². The van der Waals surface area contributed by atoms with Crippen LogP contribution in [0.5, 0.6) is 23.0 Å². The Kier molecular flexibility index (Phi) is 4.62. The first kappa shape index (κ1) is 19.2. The van der Waals surface area contributed by atoms with E-state index in [-0.39, 0.29) is 12.8 Å². The van der Waals surface area contributed by atoms with Gasteiger partial charge < -0.3 is 23.5 Å². The van der Waals surface area contributed by atoms with Crippen molar-refractivity contribution in [1.82, 2.24) is 19.5 Å². The van der Waals surface area contributed by atoms with Crippen LogP contribution >= 0.6 is 0 Å². The maximum Gasteiger partial charge on any atom is 0.231 e. The van der Waals surface area contributed by atoms with E-state index in [0.29, 0.717) is 17.2 Å². The van der Waals surface area contributed by atoms with Crippen molar-refractivity contribution in [3.63, 3.8) is 0 Å². The van der Waals surface area contributed by atoms with Crippen LogP contribution in [-0.4, -0.2) is 40.5 Å². The fraction of sp³-hybridized carbons (Fsp3) is 0.261. The normalized spacial score (nSPS) is 12.5. The van der Waals surface area contributed by atoms with Gasteiger partial charge in [0.25, 0.3) is 0 Å². The molecule has 1 aliphatic heterocycles. The zero-order chi connectivity index (χ0) is 21.5. The highest BCUT2D eigenvalue weighted by molar-refractivity contribution is 5.90. The molecule has 0 bridgehead atoms. The fourth-order valence-corrected chi connectivity index (χ4v) is 3.83. The number of benzene rings is 2. The summed E-state index contributed by atoms with van der Waals surface area (Å²) in [5.74, 6) is 3.53. The predicted molar refractivity (Wildman–Crippen MR) is 116 cm³/mol. The van der Waals surface area contributed by atoms with Crippen LogP contribution in [-0.2, 0) is 0 Å². The largest absolute Gasteiger partial charge is 0.493 e. The summed E-state index contributed by atoms with van der Waals surface area (Å²) in [4.78, 5) is 14.1. The number of ether oxygens (including phenoxy) is 4. The molecule has 0 amide bonds. The van der Waals surface area contributed by atoms with E-state index in [4.69, 9.17) is 23.9 Å². The Morgan fingerprint density at radius 2 is 1.68 bits per heavy atom. The van der Waals surface area contributed by atoms with Crippen LogP contribution in [0.4, 0.5) is 0 Å². The van der Waals surface area contributed by atoms with Crippen LogP contribution in [0.3, 0.4) is 0 Å². The summed E-state index contributed by atoms with van der Waals surface area (Å²) in [5, 5.41) is 0. The van der Waals surface area contributed by atoms with Crippen LogP contribution in [0.2, 0.25) is 0 Å². The highest BCUT2D eigenvalue weighted by atomic mass is 16.7. The molecule has 8 heteroatoms. The zero-order valence-electron chi connectivity index (χ0n) is 17.7. The first-order valence-electron chi connectivity index (χ1n) is 9.96. The second-order valence-corrected chi connectivity index (χ2v) is 7.43. The average molecular weight is 418 g/mol. The van der Waals surface area contributed by atoms with E-state index >= 15 is 0 Å². The van der Waals surface area contributed by atoms with E-state index in [1.54, 1.807) is 20.5 Å².